The molecule has 0 saturated heterocycles. The second-order valence-corrected chi connectivity index (χ2v) is 13.7. The van der Waals surface area contributed by atoms with Crippen LogP contribution in [0.25, 0.3) is 16.8 Å². The summed E-state index contributed by atoms with van der Waals surface area (Å²) >= 11 is 1.32. The van der Waals surface area contributed by atoms with Gasteiger partial charge in [0.1, 0.15) is 0 Å². The van der Waals surface area contributed by atoms with E-state index in [1.54, 1.807) is 0 Å². The van der Waals surface area contributed by atoms with E-state index in [-0.39, 0.29) is 6.54 Å². The summed E-state index contributed by atoms with van der Waals surface area (Å²) < 4.78 is 25.7. The summed E-state index contributed by atoms with van der Waals surface area (Å²) in [6.45, 7) is 4.06. The Morgan fingerprint density at radius 2 is 1.83 bits per heavy atom. The summed E-state index contributed by atoms with van der Waals surface area (Å²) in [5.41, 5.74) is 8.30. The quantitative estimate of drug-likeness (QED) is 0.337. The third-order valence-corrected chi connectivity index (χ3v) is 9.35. The minimum absolute atomic E-state index is 0.255. The van der Waals surface area contributed by atoms with E-state index in [0.717, 1.165) is 66.3 Å². The van der Waals surface area contributed by atoms with Crippen molar-refractivity contribution in [1.29, 1.82) is 0 Å². The zero-order valence-corrected chi connectivity index (χ0v) is 25.8. The normalized spacial score (nSPS) is 19.5. The lowest BCUT2D eigenvalue weighted by Crippen LogP contribution is -2.33. The zero-order valence-electron chi connectivity index (χ0n) is 24.2. The van der Waals surface area contributed by atoms with E-state index in [0.29, 0.717) is 29.2 Å². The van der Waals surface area contributed by atoms with Crippen molar-refractivity contribution in [1.82, 2.24) is 14.3 Å². The predicted molar refractivity (Wildman–Crippen MR) is 169 cm³/mol. The fourth-order valence-corrected chi connectivity index (χ4v) is 7.12. The Morgan fingerprint density at radius 1 is 1.05 bits per heavy atom. The number of carbonyl (C=O) groups is 2. The van der Waals surface area contributed by atoms with Crippen LogP contribution in [-0.2, 0) is 27.7 Å². The van der Waals surface area contributed by atoms with Crippen LogP contribution in [0.5, 0.6) is 0 Å². The van der Waals surface area contributed by atoms with E-state index in [1.807, 2.05) is 17.5 Å². The molecular weight excluding hydrogens is 569 g/mol. The molecule has 42 heavy (non-hydrogen) atoms. The van der Waals surface area contributed by atoms with Crippen LogP contribution in [-0.4, -0.2) is 42.0 Å². The number of nitrogens with one attached hydrogen (secondary N) is 2. The molecule has 5 rings (SSSR count). The first-order valence-corrected chi connectivity index (χ1v) is 16.9. The van der Waals surface area contributed by atoms with Crippen molar-refractivity contribution >= 4 is 43.9 Å². The molecule has 0 fully saturated rings. The highest BCUT2D eigenvalue weighted by atomic mass is 32.2. The van der Waals surface area contributed by atoms with Gasteiger partial charge in [0.2, 0.25) is 15.9 Å². The lowest BCUT2D eigenvalue weighted by atomic mass is 9.95. The molecule has 2 aliphatic rings. The molecule has 0 aliphatic heterocycles. The van der Waals surface area contributed by atoms with E-state index in [4.69, 9.17) is 0 Å². The van der Waals surface area contributed by atoms with Crippen LogP contribution in [0.4, 0.5) is 5.13 Å². The number of rotatable bonds is 7. The van der Waals surface area contributed by atoms with Crippen LogP contribution in [0.2, 0.25) is 0 Å². The first-order chi connectivity index (χ1) is 20.1. The van der Waals surface area contributed by atoms with Gasteiger partial charge < -0.3 is 10.6 Å². The Labute approximate surface area is 251 Å². The van der Waals surface area contributed by atoms with Gasteiger partial charge in [-0.2, -0.15) is 0 Å². The van der Waals surface area contributed by atoms with Gasteiger partial charge in [-0.15, -0.1) is 11.3 Å². The minimum atomic E-state index is -3.53. The second kappa shape index (κ2) is 12.6. The van der Waals surface area contributed by atoms with Crippen LogP contribution in [0, 0.1) is 0 Å². The van der Waals surface area contributed by atoms with Crippen LogP contribution in [0.3, 0.4) is 0 Å². The van der Waals surface area contributed by atoms with E-state index < -0.39 is 21.8 Å². The number of hydrogen-bond donors (Lipinski definition) is 2. The Bertz CT molecular complexity index is 1720. The Balaban J connectivity index is 1.25. The van der Waals surface area contributed by atoms with Gasteiger partial charge in [-0.05, 0) is 81.6 Å². The van der Waals surface area contributed by atoms with E-state index in [1.165, 1.54) is 32.7 Å². The number of nitrogens with zero attached hydrogens (tertiary/aromatic N) is 2. The van der Waals surface area contributed by atoms with E-state index in [9.17, 15) is 18.0 Å². The number of hydrogen-bond acceptors (Lipinski definition) is 6. The highest BCUT2D eigenvalue weighted by Gasteiger charge is 2.26. The number of allylic oxidation sites excluding steroid dienone is 6. The fraction of sp³-hybridized carbons (Fsp3) is 0.344. The number of amides is 2. The molecule has 0 spiro atoms. The molecule has 0 saturated carbocycles. The summed E-state index contributed by atoms with van der Waals surface area (Å²) in [7, 11) is -3.53. The van der Waals surface area contributed by atoms with E-state index in [2.05, 4.69) is 59.8 Å². The van der Waals surface area contributed by atoms with Crippen LogP contribution < -0.4 is 10.6 Å². The molecule has 2 aliphatic carbocycles. The molecule has 2 amide bonds. The maximum atomic E-state index is 12.9. The van der Waals surface area contributed by atoms with Crippen molar-refractivity contribution < 1.29 is 18.0 Å². The summed E-state index contributed by atoms with van der Waals surface area (Å²) in [4.78, 5) is 30.2. The standard InChI is InChI=1S/C32H36N4O4S2/c1-21-9-4-5-10-22(2)16-25(15-21)23-11-8-12-24(17-23)28-20-41-32(34-28)35-30(37)18-33-31(38)27-19-36(42(3,39)40)29-14-7-6-13-26(27)29/h8-9,11-12,15-17,19-20H,4-7,10,13-14,18H2,1-3H3,(H,33,38)(H,34,35,37)/b21-9-,22-16+,25-15+. The van der Waals surface area contributed by atoms with Gasteiger partial charge in [0.15, 0.2) is 5.13 Å². The molecule has 0 radical (unpaired) electrons. The molecular formula is C32H36N4O4S2. The Morgan fingerprint density at radius 3 is 2.64 bits per heavy atom. The Hall–Kier alpha value is -3.76. The number of carbonyl (C=O) groups excluding carboxylic acids is 2. The number of aromatic nitrogens is 2. The average Bonchev–Trinajstić information content (AvgIpc) is 3.60. The van der Waals surface area contributed by atoms with Crippen molar-refractivity contribution in [3.05, 3.63) is 87.6 Å². The fourth-order valence-electron chi connectivity index (χ4n) is 5.49. The van der Waals surface area contributed by atoms with Gasteiger partial charge in [-0.3, -0.25) is 9.59 Å². The van der Waals surface area contributed by atoms with Gasteiger partial charge in [-0.1, -0.05) is 47.6 Å². The topological polar surface area (TPSA) is 110 Å². The number of anilines is 1. The van der Waals surface area contributed by atoms with Crippen molar-refractivity contribution in [2.75, 3.05) is 18.1 Å². The number of benzene rings is 1. The van der Waals surface area contributed by atoms with Crippen LogP contribution in [0.15, 0.2) is 65.2 Å². The van der Waals surface area contributed by atoms with Crippen LogP contribution in [0.1, 0.15) is 73.1 Å². The smallest absolute Gasteiger partial charge is 0.253 e. The van der Waals surface area contributed by atoms with Gasteiger partial charge in [0.25, 0.3) is 5.91 Å². The maximum absolute atomic E-state index is 12.9. The second-order valence-electron chi connectivity index (χ2n) is 11.0. The number of fused-ring (bicyclic) bond motifs is 1. The highest BCUT2D eigenvalue weighted by Crippen LogP contribution is 2.30. The van der Waals surface area contributed by atoms with Crippen molar-refractivity contribution in [2.45, 2.75) is 58.8 Å². The largest absolute Gasteiger partial charge is 0.343 e. The molecule has 0 atom stereocenters. The molecule has 220 valence electrons. The molecule has 1 aromatic carbocycles. The van der Waals surface area contributed by atoms with Crippen molar-refractivity contribution in [2.24, 2.45) is 0 Å². The first-order valence-electron chi connectivity index (χ1n) is 14.2. The van der Waals surface area contributed by atoms with Crippen molar-refractivity contribution in [3.63, 3.8) is 0 Å². The minimum Gasteiger partial charge on any atom is -0.343 e. The zero-order chi connectivity index (χ0) is 29.9. The van der Waals surface area contributed by atoms with Gasteiger partial charge >= 0.3 is 0 Å². The SMILES string of the molecule is CC1=C/CCC/C(C)=C/C(c2cccc(-c3csc(NC(=O)CNC(=O)c4cn(S(C)(=O)=O)c5c4CCCC5)n3)c2)=C\1. The molecule has 8 nitrogen and oxygen atoms in total. The monoisotopic (exact) mass is 604 g/mol. The van der Waals surface area contributed by atoms with E-state index >= 15 is 0 Å². The molecule has 2 N–H and O–H groups in total. The summed E-state index contributed by atoms with van der Waals surface area (Å²) in [5.74, 6) is -0.871. The highest BCUT2D eigenvalue weighted by molar-refractivity contribution is 7.89. The lowest BCUT2D eigenvalue weighted by molar-refractivity contribution is -0.115. The molecule has 0 unspecified atom stereocenters. The molecule has 0 bridgehead atoms. The van der Waals surface area contributed by atoms with Gasteiger partial charge in [-0.25, -0.2) is 17.4 Å². The number of thiazole rings is 1. The Kier molecular flexibility index (Phi) is 8.93. The molecule has 10 heteroatoms. The van der Waals surface area contributed by atoms with Crippen molar-refractivity contribution in [3.8, 4) is 11.3 Å². The summed E-state index contributed by atoms with van der Waals surface area (Å²) in [6.07, 6.45) is 15.6. The molecule has 2 heterocycles. The first kappa shape index (κ1) is 29.7. The predicted octanol–water partition coefficient (Wildman–Crippen LogP) is 6.13. The third kappa shape index (κ3) is 6.99. The van der Waals surface area contributed by atoms with Crippen LogP contribution >= 0.6 is 11.3 Å². The average molecular weight is 605 g/mol. The third-order valence-electron chi connectivity index (χ3n) is 7.56. The van der Waals surface area contributed by atoms with Gasteiger partial charge in [0, 0.05) is 22.8 Å². The lowest BCUT2D eigenvalue weighted by Gasteiger charge is -2.15. The maximum Gasteiger partial charge on any atom is 0.253 e. The molecule has 3 aromatic rings. The molecule has 2 aromatic heterocycles. The summed E-state index contributed by atoms with van der Waals surface area (Å²) in [6, 6.07) is 8.24. The summed E-state index contributed by atoms with van der Waals surface area (Å²) in [5, 5.41) is 7.74. The van der Waals surface area contributed by atoms with Gasteiger partial charge in [0.05, 0.1) is 24.1 Å².